The molecule has 2 amide bonds. The maximum atomic E-state index is 11.9. The van der Waals surface area contributed by atoms with Crippen molar-refractivity contribution in [1.82, 2.24) is 20.4 Å². The predicted molar refractivity (Wildman–Crippen MR) is 124 cm³/mol. The molecule has 0 atom stereocenters. The van der Waals surface area contributed by atoms with Crippen molar-refractivity contribution < 1.29 is 14.3 Å². The quantitative estimate of drug-likeness (QED) is 0.343. The van der Waals surface area contributed by atoms with E-state index in [9.17, 15) is 9.59 Å². The molecule has 8 nitrogen and oxygen atoms in total. The minimum atomic E-state index is -0.256. The van der Waals surface area contributed by atoms with Crippen molar-refractivity contribution in [2.45, 2.75) is 32.4 Å². The number of amides is 2. The lowest BCUT2D eigenvalue weighted by Crippen LogP contribution is -2.51. The fourth-order valence-corrected chi connectivity index (χ4v) is 2.84. The largest absolute Gasteiger partial charge is 0.450 e. The molecule has 1 saturated heterocycles. The molecule has 162 valence electrons. The van der Waals surface area contributed by atoms with Gasteiger partial charge in [0.25, 0.3) is 0 Å². The van der Waals surface area contributed by atoms with Crippen LogP contribution in [0.15, 0.2) is 35.3 Å². The Bertz CT molecular complexity index is 661. The normalized spacial score (nSPS) is 14.6. The minimum absolute atomic E-state index is 0. The number of guanidine groups is 1. The summed E-state index contributed by atoms with van der Waals surface area (Å²) < 4.78 is 5.06. The van der Waals surface area contributed by atoms with Crippen LogP contribution in [0.3, 0.4) is 0 Å². The van der Waals surface area contributed by atoms with Gasteiger partial charge in [-0.1, -0.05) is 30.3 Å². The molecular formula is C20H32IN5O3. The molecule has 0 bridgehead atoms. The van der Waals surface area contributed by atoms with E-state index in [2.05, 4.69) is 15.6 Å². The number of nitrogens with zero attached hydrogens (tertiary/aromatic N) is 3. The molecule has 1 aromatic rings. The highest BCUT2D eigenvalue weighted by Gasteiger charge is 2.24. The smallest absolute Gasteiger partial charge is 0.409 e. The average Bonchev–Trinajstić information content (AvgIpc) is 2.71. The van der Waals surface area contributed by atoms with Crippen LogP contribution in [-0.4, -0.2) is 74.1 Å². The number of carbonyl (C=O) groups excluding carboxylic acids is 2. The number of likely N-dealkylation sites (tertiary alicyclic amines) is 1. The van der Waals surface area contributed by atoms with Crippen molar-refractivity contribution in [3.8, 4) is 0 Å². The van der Waals surface area contributed by atoms with Gasteiger partial charge in [-0.05, 0) is 25.3 Å². The number of benzene rings is 1. The van der Waals surface area contributed by atoms with Crippen LogP contribution in [0.2, 0.25) is 0 Å². The van der Waals surface area contributed by atoms with Gasteiger partial charge in [0.2, 0.25) is 5.91 Å². The molecule has 0 aromatic heterocycles. The Balaban J connectivity index is 0.00000420. The monoisotopic (exact) mass is 517 g/mol. The number of piperidine rings is 1. The van der Waals surface area contributed by atoms with E-state index in [-0.39, 0.29) is 48.6 Å². The predicted octanol–water partition coefficient (Wildman–Crippen LogP) is 2.05. The summed E-state index contributed by atoms with van der Waals surface area (Å²) in [5.41, 5.74) is 1.10. The molecule has 2 rings (SSSR count). The van der Waals surface area contributed by atoms with E-state index in [1.165, 1.54) is 0 Å². The van der Waals surface area contributed by atoms with Gasteiger partial charge >= 0.3 is 6.09 Å². The zero-order valence-electron chi connectivity index (χ0n) is 17.4. The Morgan fingerprint density at radius 3 is 2.45 bits per heavy atom. The zero-order valence-corrected chi connectivity index (χ0v) is 19.7. The van der Waals surface area contributed by atoms with Crippen LogP contribution in [0, 0.1) is 0 Å². The fraction of sp³-hybridized carbons (Fsp3) is 0.550. The third kappa shape index (κ3) is 8.88. The molecule has 0 aliphatic carbocycles. The molecule has 0 radical (unpaired) electrons. The van der Waals surface area contributed by atoms with Crippen molar-refractivity contribution in [1.29, 1.82) is 0 Å². The molecule has 1 aliphatic heterocycles. The molecule has 29 heavy (non-hydrogen) atoms. The summed E-state index contributed by atoms with van der Waals surface area (Å²) in [4.78, 5) is 31.6. The van der Waals surface area contributed by atoms with E-state index in [4.69, 9.17) is 4.74 Å². The van der Waals surface area contributed by atoms with E-state index in [0.29, 0.717) is 32.2 Å². The summed E-state index contributed by atoms with van der Waals surface area (Å²) in [7, 11) is 3.45. The van der Waals surface area contributed by atoms with Crippen LogP contribution in [0.1, 0.15) is 25.3 Å². The van der Waals surface area contributed by atoms with Crippen molar-refractivity contribution in [3.63, 3.8) is 0 Å². The summed E-state index contributed by atoms with van der Waals surface area (Å²) in [6, 6.07) is 10.1. The van der Waals surface area contributed by atoms with Crippen molar-refractivity contribution in [3.05, 3.63) is 35.9 Å². The van der Waals surface area contributed by atoms with E-state index in [1.54, 1.807) is 23.9 Å². The van der Waals surface area contributed by atoms with Crippen LogP contribution < -0.4 is 10.6 Å². The third-order valence-corrected chi connectivity index (χ3v) is 4.53. The van der Waals surface area contributed by atoms with Gasteiger partial charge in [-0.3, -0.25) is 4.79 Å². The number of rotatable bonds is 6. The van der Waals surface area contributed by atoms with Gasteiger partial charge < -0.3 is 25.2 Å². The number of nitrogens with one attached hydrogen (secondary N) is 2. The molecule has 0 unspecified atom stereocenters. The zero-order chi connectivity index (χ0) is 20.4. The Kier molecular flexibility index (Phi) is 11.4. The second-order valence-corrected chi connectivity index (χ2v) is 6.90. The Morgan fingerprint density at radius 1 is 1.21 bits per heavy atom. The molecule has 1 aromatic carbocycles. The highest BCUT2D eigenvalue weighted by atomic mass is 127. The first-order valence-electron chi connectivity index (χ1n) is 9.70. The minimum Gasteiger partial charge on any atom is -0.450 e. The number of aliphatic imine (C=N–C) groups is 1. The van der Waals surface area contributed by atoms with Crippen molar-refractivity contribution in [2.75, 3.05) is 40.3 Å². The van der Waals surface area contributed by atoms with Crippen LogP contribution >= 0.6 is 24.0 Å². The van der Waals surface area contributed by atoms with Gasteiger partial charge in [-0.2, -0.15) is 0 Å². The summed E-state index contributed by atoms with van der Waals surface area (Å²) in [6.45, 7) is 4.17. The van der Waals surface area contributed by atoms with Crippen molar-refractivity contribution >= 4 is 41.9 Å². The van der Waals surface area contributed by atoms with Crippen LogP contribution in [0.4, 0.5) is 4.79 Å². The summed E-state index contributed by atoms with van der Waals surface area (Å²) in [6.07, 6.45) is 1.34. The standard InChI is InChI=1S/C20H31N5O3.HI/c1-4-28-20(27)25-12-10-17(11-13-25)23-19(22-15-18(26)24(2)3)21-14-16-8-6-5-7-9-16;/h5-9,17H,4,10-15H2,1-3H3,(H2,21,22,23);1H. The van der Waals surface area contributed by atoms with E-state index < -0.39 is 0 Å². The molecule has 9 heteroatoms. The molecule has 1 fully saturated rings. The van der Waals surface area contributed by atoms with E-state index >= 15 is 0 Å². The highest BCUT2D eigenvalue weighted by molar-refractivity contribution is 14.0. The lowest BCUT2D eigenvalue weighted by atomic mass is 10.1. The number of ether oxygens (including phenoxy) is 1. The molecule has 1 heterocycles. The maximum Gasteiger partial charge on any atom is 0.409 e. The fourth-order valence-electron chi connectivity index (χ4n) is 2.84. The summed E-state index contributed by atoms with van der Waals surface area (Å²) in [5.74, 6) is 0.583. The van der Waals surface area contributed by atoms with Crippen LogP contribution in [-0.2, 0) is 16.1 Å². The first-order valence-corrected chi connectivity index (χ1v) is 9.70. The number of likely N-dealkylation sites (N-methyl/N-ethyl adjacent to an activating group) is 1. The number of halogens is 1. The molecule has 0 saturated carbocycles. The lowest BCUT2D eigenvalue weighted by molar-refractivity contribution is -0.127. The van der Waals surface area contributed by atoms with E-state index in [1.807, 2.05) is 37.3 Å². The summed E-state index contributed by atoms with van der Waals surface area (Å²) in [5, 5.41) is 6.52. The molecule has 2 N–H and O–H groups in total. The van der Waals surface area contributed by atoms with Crippen LogP contribution in [0.25, 0.3) is 0 Å². The Morgan fingerprint density at radius 2 is 1.86 bits per heavy atom. The Labute approximate surface area is 190 Å². The topological polar surface area (TPSA) is 86.3 Å². The van der Waals surface area contributed by atoms with Gasteiger partial charge in [-0.15, -0.1) is 24.0 Å². The SMILES string of the molecule is CCOC(=O)N1CCC(NC(=NCc2ccccc2)NCC(=O)N(C)C)CC1.I. The second-order valence-electron chi connectivity index (χ2n) is 6.90. The van der Waals surface area contributed by atoms with Crippen LogP contribution in [0.5, 0.6) is 0 Å². The lowest BCUT2D eigenvalue weighted by Gasteiger charge is -2.32. The molecular weight excluding hydrogens is 485 g/mol. The van der Waals surface area contributed by atoms with E-state index in [0.717, 1.165) is 18.4 Å². The Hall–Kier alpha value is -2.04. The van der Waals surface area contributed by atoms with Gasteiger partial charge in [0.05, 0.1) is 19.7 Å². The maximum absolute atomic E-state index is 11.9. The first kappa shape index (κ1) is 25.0. The first-order chi connectivity index (χ1) is 13.5. The number of hydrogen-bond acceptors (Lipinski definition) is 4. The number of hydrogen-bond donors (Lipinski definition) is 2. The number of carbonyl (C=O) groups is 2. The van der Waals surface area contributed by atoms with Crippen molar-refractivity contribution in [2.24, 2.45) is 4.99 Å². The van der Waals surface area contributed by atoms with Gasteiger partial charge in [-0.25, -0.2) is 9.79 Å². The molecule has 0 spiro atoms. The highest BCUT2D eigenvalue weighted by Crippen LogP contribution is 2.11. The average molecular weight is 517 g/mol. The van der Waals surface area contributed by atoms with Gasteiger partial charge in [0.1, 0.15) is 0 Å². The third-order valence-electron chi connectivity index (χ3n) is 4.53. The second kappa shape index (κ2) is 13.2. The molecule has 1 aliphatic rings. The van der Waals surface area contributed by atoms with Gasteiger partial charge in [0, 0.05) is 33.2 Å². The summed E-state index contributed by atoms with van der Waals surface area (Å²) >= 11 is 0. The van der Waals surface area contributed by atoms with Gasteiger partial charge in [0.15, 0.2) is 5.96 Å².